The van der Waals surface area contributed by atoms with Crippen LogP contribution in [0.2, 0.25) is 0 Å². The van der Waals surface area contributed by atoms with Crippen molar-refractivity contribution < 1.29 is 9.59 Å². The number of urea groups is 1. The zero-order valence-electron chi connectivity index (χ0n) is 12.9. The van der Waals surface area contributed by atoms with Crippen molar-refractivity contribution in [3.63, 3.8) is 0 Å². The molecule has 0 unspecified atom stereocenters. The van der Waals surface area contributed by atoms with Crippen LogP contribution >= 0.6 is 0 Å². The highest BCUT2D eigenvalue weighted by Gasteiger charge is 2.58. The topological polar surface area (TPSA) is 43.9 Å². The smallest absolute Gasteiger partial charge is 0.327 e. The summed E-state index contributed by atoms with van der Waals surface area (Å²) >= 11 is 0. The van der Waals surface area contributed by atoms with E-state index in [1.807, 2.05) is 25.1 Å². The van der Waals surface area contributed by atoms with Gasteiger partial charge in [0.2, 0.25) is 0 Å². The van der Waals surface area contributed by atoms with Crippen LogP contribution in [0.25, 0.3) is 0 Å². The third-order valence-corrected chi connectivity index (χ3v) is 5.41. The Labute approximate surface area is 130 Å². The normalized spacial score (nSPS) is 31.3. The summed E-state index contributed by atoms with van der Waals surface area (Å²) in [6.07, 6.45) is 2.59. The minimum absolute atomic E-state index is 0.00244. The predicted octanol–water partition coefficient (Wildman–Crippen LogP) is 2.08. The number of nitrogens with zero attached hydrogens (tertiary/aromatic N) is 3. The molecule has 22 heavy (non-hydrogen) atoms. The molecular weight excluding hydrogens is 278 g/mol. The number of imide groups is 1. The van der Waals surface area contributed by atoms with Crippen LogP contribution in [0, 0.1) is 0 Å². The first kappa shape index (κ1) is 13.6. The predicted molar refractivity (Wildman–Crippen MR) is 83.6 cm³/mol. The van der Waals surface area contributed by atoms with E-state index in [9.17, 15) is 9.59 Å². The second-order valence-corrected chi connectivity index (χ2v) is 6.71. The molecule has 116 valence electrons. The van der Waals surface area contributed by atoms with Gasteiger partial charge < -0.3 is 9.80 Å². The zero-order chi connectivity index (χ0) is 15.3. The van der Waals surface area contributed by atoms with Crippen LogP contribution < -0.4 is 4.90 Å². The summed E-state index contributed by atoms with van der Waals surface area (Å²) in [5.74, 6) is 0.00918. The molecule has 3 aliphatic rings. The first-order valence-electron chi connectivity index (χ1n) is 8.06. The summed E-state index contributed by atoms with van der Waals surface area (Å²) < 4.78 is 0. The highest BCUT2D eigenvalue weighted by atomic mass is 16.2. The fourth-order valence-corrected chi connectivity index (χ4v) is 4.12. The first-order valence-corrected chi connectivity index (χ1v) is 8.06. The van der Waals surface area contributed by atoms with Gasteiger partial charge in [-0.05, 0) is 38.3 Å². The molecule has 1 aromatic carbocycles. The number of carbonyl (C=O) groups excluding carboxylic acids is 2. The number of carbonyl (C=O) groups is 2. The molecule has 0 aromatic heterocycles. The van der Waals surface area contributed by atoms with E-state index in [2.05, 4.69) is 17.0 Å². The molecular formula is C17H21N3O2. The zero-order valence-corrected chi connectivity index (χ0v) is 12.9. The third kappa shape index (κ3) is 1.77. The third-order valence-electron chi connectivity index (χ3n) is 5.41. The summed E-state index contributed by atoms with van der Waals surface area (Å²) in [5, 5.41) is 0. The largest absolute Gasteiger partial charge is 0.369 e. The van der Waals surface area contributed by atoms with E-state index in [4.69, 9.17) is 0 Å². The van der Waals surface area contributed by atoms with Crippen molar-refractivity contribution in [3.05, 3.63) is 30.3 Å². The fraction of sp³-hybridized carbons (Fsp3) is 0.529. The maximum atomic E-state index is 12.8. The second kappa shape index (κ2) is 4.73. The number of rotatable bonds is 2. The average Bonchev–Trinajstić information content (AvgIpc) is 3.19. The first-order chi connectivity index (χ1) is 10.6. The van der Waals surface area contributed by atoms with Crippen LogP contribution in [-0.4, -0.2) is 53.0 Å². The Hall–Kier alpha value is -2.04. The highest BCUT2D eigenvalue weighted by molar-refractivity contribution is 6.07. The van der Waals surface area contributed by atoms with Crippen molar-refractivity contribution in [2.24, 2.45) is 0 Å². The summed E-state index contributed by atoms with van der Waals surface area (Å²) in [6.45, 7) is 4.27. The standard InChI is InChI=1S/C17H21N3O2/c1-17-9-5-10-19(17)16(22)20(15(17)21)14-8-11-18(12-14)13-6-3-2-4-7-13/h2-4,6-7,14H,5,8-12H2,1H3/t14-,17-/m1/s1. The molecule has 5 heteroatoms. The quantitative estimate of drug-likeness (QED) is 0.785. The van der Waals surface area contributed by atoms with Gasteiger partial charge in [0.25, 0.3) is 5.91 Å². The number of hydrogen-bond donors (Lipinski definition) is 0. The molecule has 3 heterocycles. The monoisotopic (exact) mass is 299 g/mol. The molecule has 0 saturated carbocycles. The highest BCUT2D eigenvalue weighted by Crippen LogP contribution is 2.39. The molecule has 2 atom stereocenters. The van der Waals surface area contributed by atoms with Crippen molar-refractivity contribution in [2.75, 3.05) is 24.5 Å². The molecule has 3 saturated heterocycles. The van der Waals surface area contributed by atoms with Crippen LogP contribution in [0.5, 0.6) is 0 Å². The fourth-order valence-electron chi connectivity index (χ4n) is 4.12. The lowest BCUT2D eigenvalue weighted by atomic mass is 9.99. The number of hydrogen-bond acceptors (Lipinski definition) is 3. The Morgan fingerprint density at radius 2 is 1.91 bits per heavy atom. The van der Waals surface area contributed by atoms with E-state index in [0.29, 0.717) is 6.54 Å². The van der Waals surface area contributed by atoms with Crippen LogP contribution in [0.15, 0.2) is 30.3 Å². The van der Waals surface area contributed by atoms with Crippen molar-refractivity contribution in [2.45, 2.75) is 37.8 Å². The van der Waals surface area contributed by atoms with Crippen LogP contribution in [0.3, 0.4) is 0 Å². The lowest BCUT2D eigenvalue weighted by Crippen LogP contribution is -2.45. The number of benzene rings is 1. The van der Waals surface area contributed by atoms with E-state index >= 15 is 0 Å². The average molecular weight is 299 g/mol. The van der Waals surface area contributed by atoms with Crippen LogP contribution in [0.4, 0.5) is 10.5 Å². The van der Waals surface area contributed by atoms with Gasteiger partial charge >= 0.3 is 6.03 Å². The molecule has 0 bridgehead atoms. The number of amides is 3. The van der Waals surface area contributed by atoms with E-state index in [1.165, 1.54) is 0 Å². The van der Waals surface area contributed by atoms with E-state index in [0.717, 1.165) is 38.0 Å². The minimum atomic E-state index is -0.586. The molecule has 3 fully saturated rings. The Morgan fingerprint density at radius 3 is 2.64 bits per heavy atom. The van der Waals surface area contributed by atoms with Crippen molar-refractivity contribution in [1.82, 2.24) is 9.80 Å². The molecule has 0 N–H and O–H groups in total. The van der Waals surface area contributed by atoms with Crippen molar-refractivity contribution in [3.8, 4) is 0 Å². The van der Waals surface area contributed by atoms with E-state index < -0.39 is 5.54 Å². The number of anilines is 1. The molecule has 3 amide bonds. The number of para-hydroxylation sites is 1. The van der Waals surface area contributed by atoms with Crippen molar-refractivity contribution in [1.29, 1.82) is 0 Å². The Bertz CT molecular complexity index is 618. The molecule has 1 aromatic rings. The molecule has 4 rings (SSSR count). The van der Waals surface area contributed by atoms with Gasteiger partial charge in [0.05, 0.1) is 6.04 Å². The molecule has 0 aliphatic carbocycles. The molecule has 0 radical (unpaired) electrons. The molecule has 0 spiro atoms. The van der Waals surface area contributed by atoms with E-state index in [-0.39, 0.29) is 18.0 Å². The maximum Gasteiger partial charge on any atom is 0.327 e. The molecule has 5 nitrogen and oxygen atoms in total. The van der Waals surface area contributed by atoms with Crippen LogP contribution in [0.1, 0.15) is 26.2 Å². The lowest BCUT2D eigenvalue weighted by molar-refractivity contribution is -0.133. The van der Waals surface area contributed by atoms with Gasteiger partial charge in [-0.3, -0.25) is 9.69 Å². The van der Waals surface area contributed by atoms with Gasteiger partial charge in [-0.2, -0.15) is 0 Å². The summed E-state index contributed by atoms with van der Waals surface area (Å²) in [5.41, 5.74) is 0.577. The van der Waals surface area contributed by atoms with Crippen molar-refractivity contribution >= 4 is 17.6 Å². The lowest BCUT2D eigenvalue weighted by Gasteiger charge is -2.24. The van der Waals surface area contributed by atoms with Gasteiger partial charge in [0.1, 0.15) is 5.54 Å². The van der Waals surface area contributed by atoms with E-state index in [1.54, 1.807) is 9.80 Å². The van der Waals surface area contributed by atoms with Crippen LogP contribution in [-0.2, 0) is 4.79 Å². The van der Waals surface area contributed by atoms with Gasteiger partial charge in [-0.15, -0.1) is 0 Å². The van der Waals surface area contributed by atoms with Gasteiger partial charge in [-0.1, -0.05) is 18.2 Å². The molecule has 3 aliphatic heterocycles. The Balaban J connectivity index is 1.54. The summed E-state index contributed by atoms with van der Waals surface area (Å²) in [4.78, 5) is 31.0. The second-order valence-electron chi connectivity index (χ2n) is 6.71. The SMILES string of the molecule is C[C@]12CCCN1C(=O)N([C@@H]1CCN(c3ccccc3)C1)C2=O. The summed E-state index contributed by atoms with van der Waals surface area (Å²) in [6, 6.07) is 10.1. The van der Waals surface area contributed by atoms with Gasteiger partial charge in [0, 0.05) is 25.3 Å². The Morgan fingerprint density at radius 1 is 1.14 bits per heavy atom. The maximum absolute atomic E-state index is 12.8. The number of fused-ring (bicyclic) bond motifs is 1. The minimum Gasteiger partial charge on any atom is -0.369 e. The van der Waals surface area contributed by atoms with Gasteiger partial charge in [0.15, 0.2) is 0 Å². The Kier molecular flexibility index (Phi) is 2.93. The summed E-state index contributed by atoms with van der Waals surface area (Å²) in [7, 11) is 0. The van der Waals surface area contributed by atoms with Gasteiger partial charge in [-0.25, -0.2) is 4.79 Å².